The third-order valence-electron chi connectivity index (χ3n) is 2.29. The topological polar surface area (TPSA) is 50.1 Å². The predicted octanol–water partition coefficient (Wildman–Crippen LogP) is 1.35. The van der Waals surface area contributed by atoms with Crippen molar-refractivity contribution in [3.63, 3.8) is 0 Å². The van der Waals surface area contributed by atoms with Gasteiger partial charge in [0.2, 0.25) is 0 Å². The Labute approximate surface area is 98.8 Å². The van der Waals surface area contributed by atoms with Crippen LogP contribution in [0.5, 0.6) is 0 Å². The lowest BCUT2D eigenvalue weighted by Gasteiger charge is -2.07. The molecule has 1 aromatic rings. The number of rotatable bonds is 5. The van der Waals surface area contributed by atoms with Crippen LogP contribution in [-0.4, -0.2) is 27.5 Å². The van der Waals surface area contributed by atoms with Crippen molar-refractivity contribution in [3.05, 3.63) is 15.9 Å². The fourth-order valence-corrected chi connectivity index (χ4v) is 1.87. The average Bonchev–Trinajstić information content (AvgIpc) is 2.37. The summed E-state index contributed by atoms with van der Waals surface area (Å²) < 4.78 is 2.93. The summed E-state index contributed by atoms with van der Waals surface area (Å²) in [7, 11) is 1.93. The fraction of sp³-hybridized carbons (Fsp3) is 0.700. The summed E-state index contributed by atoms with van der Waals surface area (Å²) >= 11 is 3.51. The normalized spacial score (nSPS) is 13.1. The first-order valence-electron chi connectivity index (χ1n) is 5.09. The number of aromatic nitrogens is 2. The highest BCUT2D eigenvalue weighted by atomic mass is 79.9. The van der Waals surface area contributed by atoms with Gasteiger partial charge in [0.05, 0.1) is 22.0 Å². The lowest BCUT2D eigenvalue weighted by Crippen LogP contribution is -2.20. The Kier molecular flexibility index (Phi) is 4.76. The third-order valence-corrected chi connectivity index (χ3v) is 3.32. The van der Waals surface area contributed by atoms with Crippen molar-refractivity contribution in [2.24, 2.45) is 7.05 Å². The summed E-state index contributed by atoms with van der Waals surface area (Å²) in [6, 6.07) is 0. The van der Waals surface area contributed by atoms with Crippen LogP contribution in [0, 0.1) is 6.92 Å². The quantitative estimate of drug-likeness (QED) is 0.798. The summed E-state index contributed by atoms with van der Waals surface area (Å²) in [5, 5.41) is 16.7. The van der Waals surface area contributed by atoms with Crippen LogP contribution in [0.25, 0.3) is 0 Å². The molecule has 0 aromatic carbocycles. The Morgan fingerprint density at radius 1 is 1.60 bits per heavy atom. The molecule has 0 spiro atoms. The highest BCUT2D eigenvalue weighted by molar-refractivity contribution is 9.10. The molecule has 2 N–H and O–H groups in total. The van der Waals surface area contributed by atoms with Gasteiger partial charge in [-0.25, -0.2) is 0 Å². The molecule has 0 radical (unpaired) electrons. The number of hydrogen-bond donors (Lipinski definition) is 2. The Morgan fingerprint density at radius 3 is 2.73 bits per heavy atom. The molecule has 0 aliphatic heterocycles. The van der Waals surface area contributed by atoms with Gasteiger partial charge < -0.3 is 10.4 Å². The van der Waals surface area contributed by atoms with Crippen molar-refractivity contribution in [2.75, 3.05) is 6.54 Å². The van der Waals surface area contributed by atoms with Crippen LogP contribution in [-0.2, 0) is 13.6 Å². The van der Waals surface area contributed by atoms with Crippen molar-refractivity contribution in [1.82, 2.24) is 15.1 Å². The van der Waals surface area contributed by atoms with Crippen LogP contribution in [0.3, 0.4) is 0 Å². The highest BCUT2D eigenvalue weighted by Crippen LogP contribution is 2.19. The maximum Gasteiger partial charge on any atom is 0.0739 e. The zero-order valence-corrected chi connectivity index (χ0v) is 11.0. The molecule has 0 saturated carbocycles. The second kappa shape index (κ2) is 5.63. The van der Waals surface area contributed by atoms with Crippen molar-refractivity contribution in [1.29, 1.82) is 0 Å². The van der Waals surface area contributed by atoms with Gasteiger partial charge in [0, 0.05) is 13.6 Å². The van der Waals surface area contributed by atoms with E-state index < -0.39 is 0 Å². The van der Waals surface area contributed by atoms with E-state index in [4.69, 9.17) is 5.11 Å². The van der Waals surface area contributed by atoms with Crippen molar-refractivity contribution in [3.8, 4) is 0 Å². The largest absolute Gasteiger partial charge is 0.393 e. The fourth-order valence-electron chi connectivity index (χ4n) is 1.39. The number of nitrogens with zero attached hydrogens (tertiary/aromatic N) is 2. The van der Waals surface area contributed by atoms with Gasteiger partial charge in [-0.15, -0.1) is 0 Å². The molecule has 0 aliphatic carbocycles. The Morgan fingerprint density at radius 2 is 2.27 bits per heavy atom. The Balaban J connectivity index is 2.44. The predicted molar refractivity (Wildman–Crippen MR) is 63.6 cm³/mol. The number of halogens is 1. The van der Waals surface area contributed by atoms with Crippen molar-refractivity contribution in [2.45, 2.75) is 32.9 Å². The number of aliphatic hydroxyl groups is 1. The van der Waals surface area contributed by atoms with Crippen LogP contribution in [0.15, 0.2) is 4.47 Å². The minimum absolute atomic E-state index is 0.241. The zero-order valence-electron chi connectivity index (χ0n) is 9.42. The standard InChI is InChI=1S/C10H18BrN3O/c1-7(15)4-5-12-6-9-10(11)8(2)13-14(9)3/h7,12,15H,4-6H2,1-3H3. The maximum atomic E-state index is 9.10. The molecule has 15 heavy (non-hydrogen) atoms. The summed E-state index contributed by atoms with van der Waals surface area (Å²) in [6.45, 7) is 5.36. The number of hydrogen-bond acceptors (Lipinski definition) is 3. The Bertz CT molecular complexity index is 323. The molecule has 1 unspecified atom stereocenters. The molecule has 0 bridgehead atoms. The molecule has 0 amide bonds. The first-order chi connectivity index (χ1) is 7.02. The molecule has 1 heterocycles. The summed E-state index contributed by atoms with van der Waals surface area (Å²) in [5.74, 6) is 0. The van der Waals surface area contributed by atoms with Crippen LogP contribution in [0.1, 0.15) is 24.7 Å². The molecule has 86 valence electrons. The number of nitrogens with one attached hydrogen (secondary N) is 1. The van der Waals surface area contributed by atoms with Crippen LogP contribution >= 0.6 is 15.9 Å². The molecule has 0 saturated heterocycles. The molecule has 0 fully saturated rings. The average molecular weight is 276 g/mol. The minimum Gasteiger partial charge on any atom is -0.393 e. The maximum absolute atomic E-state index is 9.10. The van der Waals surface area contributed by atoms with E-state index in [1.807, 2.05) is 18.7 Å². The lowest BCUT2D eigenvalue weighted by molar-refractivity contribution is 0.183. The molecular formula is C10H18BrN3O. The van der Waals surface area contributed by atoms with E-state index in [2.05, 4.69) is 26.3 Å². The van der Waals surface area contributed by atoms with E-state index in [1.54, 1.807) is 6.92 Å². The SMILES string of the molecule is Cc1nn(C)c(CNCCC(C)O)c1Br. The van der Waals surface area contributed by atoms with E-state index in [0.29, 0.717) is 0 Å². The van der Waals surface area contributed by atoms with Crippen LogP contribution in [0.2, 0.25) is 0 Å². The summed E-state index contributed by atoms with van der Waals surface area (Å²) in [6.07, 6.45) is 0.531. The van der Waals surface area contributed by atoms with E-state index in [1.165, 1.54) is 0 Å². The lowest BCUT2D eigenvalue weighted by atomic mass is 10.3. The van der Waals surface area contributed by atoms with E-state index in [9.17, 15) is 0 Å². The monoisotopic (exact) mass is 275 g/mol. The molecular weight excluding hydrogens is 258 g/mol. The Hall–Kier alpha value is -0.390. The number of aliphatic hydroxyl groups excluding tert-OH is 1. The minimum atomic E-state index is -0.241. The van der Waals surface area contributed by atoms with Gasteiger partial charge in [0.15, 0.2) is 0 Å². The van der Waals surface area contributed by atoms with E-state index >= 15 is 0 Å². The van der Waals surface area contributed by atoms with Crippen molar-refractivity contribution < 1.29 is 5.11 Å². The second-order valence-electron chi connectivity index (χ2n) is 3.78. The molecule has 1 atom stereocenters. The molecule has 1 rings (SSSR count). The smallest absolute Gasteiger partial charge is 0.0739 e. The van der Waals surface area contributed by atoms with E-state index in [-0.39, 0.29) is 6.10 Å². The van der Waals surface area contributed by atoms with Gasteiger partial charge in [-0.2, -0.15) is 5.10 Å². The number of aryl methyl sites for hydroxylation is 2. The first-order valence-corrected chi connectivity index (χ1v) is 5.88. The highest BCUT2D eigenvalue weighted by Gasteiger charge is 2.09. The van der Waals surface area contributed by atoms with Crippen molar-refractivity contribution >= 4 is 15.9 Å². The van der Waals surface area contributed by atoms with Gasteiger partial charge in [-0.05, 0) is 42.7 Å². The molecule has 0 aliphatic rings. The first kappa shape index (κ1) is 12.7. The van der Waals surface area contributed by atoms with E-state index in [0.717, 1.165) is 35.4 Å². The molecule has 1 aromatic heterocycles. The van der Waals surface area contributed by atoms with Gasteiger partial charge in [-0.1, -0.05) is 0 Å². The second-order valence-corrected chi connectivity index (χ2v) is 4.58. The van der Waals surface area contributed by atoms with Gasteiger partial charge in [0.25, 0.3) is 0 Å². The van der Waals surface area contributed by atoms with Crippen LogP contribution < -0.4 is 5.32 Å². The summed E-state index contributed by atoms with van der Waals surface area (Å²) in [5.41, 5.74) is 2.14. The zero-order chi connectivity index (χ0) is 11.4. The molecule has 5 heteroatoms. The van der Waals surface area contributed by atoms with Gasteiger partial charge in [-0.3, -0.25) is 4.68 Å². The summed E-state index contributed by atoms with van der Waals surface area (Å²) in [4.78, 5) is 0. The molecule has 4 nitrogen and oxygen atoms in total. The van der Waals surface area contributed by atoms with Crippen LogP contribution in [0.4, 0.5) is 0 Å². The van der Waals surface area contributed by atoms with Gasteiger partial charge >= 0.3 is 0 Å². The van der Waals surface area contributed by atoms with Gasteiger partial charge in [0.1, 0.15) is 0 Å². The third kappa shape index (κ3) is 3.59.